The molecule has 0 radical (unpaired) electrons. The van der Waals surface area contributed by atoms with Crippen molar-refractivity contribution in [2.45, 2.75) is 97.3 Å². The van der Waals surface area contributed by atoms with Crippen LogP contribution in [0.5, 0.6) is 0 Å². The Hall–Kier alpha value is -0.570. The van der Waals surface area contributed by atoms with Crippen molar-refractivity contribution in [3.8, 4) is 0 Å². The zero-order chi connectivity index (χ0) is 16.0. The van der Waals surface area contributed by atoms with Gasteiger partial charge in [-0.05, 0) is 12.8 Å². The molecule has 21 heavy (non-hydrogen) atoms. The van der Waals surface area contributed by atoms with E-state index in [-0.39, 0.29) is 6.61 Å². The second-order valence-electron chi connectivity index (χ2n) is 6.43. The maximum atomic E-state index is 11.6. The molecule has 0 saturated carbocycles. The number of unbranched alkanes of at least 4 members (excludes halogenated alkanes) is 9. The summed E-state index contributed by atoms with van der Waals surface area (Å²) in [6.45, 7) is 4.15. The number of carboxylic acid groups (broad SMARTS) is 1. The molecule has 1 unspecified atom stereocenters. The Morgan fingerprint density at radius 3 is 1.48 bits per heavy atom. The molecule has 1 atom stereocenters. The summed E-state index contributed by atoms with van der Waals surface area (Å²) >= 11 is 0. The van der Waals surface area contributed by atoms with Gasteiger partial charge in [-0.1, -0.05) is 84.5 Å². The van der Waals surface area contributed by atoms with Crippen LogP contribution < -0.4 is 0 Å². The minimum Gasteiger partial charge on any atom is -0.481 e. The fourth-order valence-corrected chi connectivity index (χ4v) is 2.88. The lowest BCUT2D eigenvalue weighted by Crippen LogP contribution is -2.35. The van der Waals surface area contributed by atoms with Crippen molar-refractivity contribution in [1.82, 2.24) is 0 Å². The minimum atomic E-state index is -0.892. The zero-order valence-electron chi connectivity index (χ0n) is 14.2. The van der Waals surface area contributed by atoms with Gasteiger partial charge in [-0.25, -0.2) is 0 Å². The third kappa shape index (κ3) is 9.13. The molecule has 3 nitrogen and oxygen atoms in total. The van der Waals surface area contributed by atoms with Crippen molar-refractivity contribution in [3.63, 3.8) is 0 Å². The van der Waals surface area contributed by atoms with Crippen LogP contribution in [0.15, 0.2) is 0 Å². The molecule has 0 aromatic rings. The summed E-state index contributed by atoms with van der Waals surface area (Å²) in [5.74, 6) is -0.811. The van der Waals surface area contributed by atoms with E-state index >= 15 is 0 Å². The van der Waals surface area contributed by atoms with Crippen LogP contribution in [0.2, 0.25) is 0 Å². The van der Waals surface area contributed by atoms with Gasteiger partial charge in [0.2, 0.25) is 0 Å². The van der Waals surface area contributed by atoms with Crippen molar-refractivity contribution >= 4 is 5.97 Å². The van der Waals surface area contributed by atoms with Crippen LogP contribution in [0.3, 0.4) is 0 Å². The molecule has 0 rings (SSSR count). The summed E-state index contributed by atoms with van der Waals surface area (Å²) in [6, 6.07) is 0. The Kier molecular flexibility index (Phi) is 12.8. The van der Waals surface area contributed by atoms with E-state index in [0.29, 0.717) is 12.8 Å². The smallest absolute Gasteiger partial charge is 0.311 e. The van der Waals surface area contributed by atoms with Crippen LogP contribution in [0, 0.1) is 5.41 Å². The molecule has 0 spiro atoms. The maximum Gasteiger partial charge on any atom is 0.311 e. The number of aliphatic hydroxyl groups excluding tert-OH is 1. The number of aliphatic carboxylic acids is 1. The van der Waals surface area contributed by atoms with Crippen LogP contribution >= 0.6 is 0 Å². The molecule has 0 heterocycles. The van der Waals surface area contributed by atoms with Crippen molar-refractivity contribution in [3.05, 3.63) is 0 Å². The van der Waals surface area contributed by atoms with Gasteiger partial charge in [-0.2, -0.15) is 0 Å². The number of hydrogen-bond donors (Lipinski definition) is 2. The highest BCUT2D eigenvalue weighted by Gasteiger charge is 2.36. The molecule has 0 amide bonds. The normalized spacial score (nSPS) is 14.0. The molecule has 0 aromatic heterocycles. The van der Waals surface area contributed by atoms with Gasteiger partial charge in [-0.3, -0.25) is 4.79 Å². The first kappa shape index (κ1) is 20.4. The SMILES string of the molecule is CCCCCCCCC(CO)(CCCCCCC)C(=O)O. The first-order valence-corrected chi connectivity index (χ1v) is 8.97. The van der Waals surface area contributed by atoms with Crippen LogP contribution in [0.1, 0.15) is 97.3 Å². The predicted octanol–water partition coefficient (Wildman–Crippen LogP) is 5.16. The lowest BCUT2D eigenvalue weighted by Gasteiger charge is -2.27. The molecule has 0 bridgehead atoms. The molecular weight excluding hydrogens is 264 g/mol. The van der Waals surface area contributed by atoms with E-state index in [2.05, 4.69) is 13.8 Å². The highest BCUT2D eigenvalue weighted by molar-refractivity contribution is 5.74. The van der Waals surface area contributed by atoms with Gasteiger partial charge in [0.15, 0.2) is 0 Å². The number of rotatable bonds is 15. The van der Waals surface area contributed by atoms with E-state index in [4.69, 9.17) is 0 Å². The van der Waals surface area contributed by atoms with Gasteiger partial charge in [0, 0.05) is 0 Å². The highest BCUT2D eigenvalue weighted by atomic mass is 16.4. The summed E-state index contributed by atoms with van der Waals surface area (Å²) in [7, 11) is 0. The largest absolute Gasteiger partial charge is 0.481 e. The van der Waals surface area contributed by atoms with Crippen LogP contribution in [0.25, 0.3) is 0 Å². The Morgan fingerprint density at radius 1 is 0.762 bits per heavy atom. The Labute approximate surface area is 131 Å². The lowest BCUT2D eigenvalue weighted by molar-refractivity contribution is -0.153. The summed E-state index contributed by atoms with van der Waals surface area (Å²) in [5, 5.41) is 19.1. The summed E-state index contributed by atoms with van der Waals surface area (Å²) in [4.78, 5) is 11.6. The molecule has 0 fully saturated rings. The van der Waals surface area contributed by atoms with E-state index in [1.54, 1.807) is 0 Å². The molecule has 3 heteroatoms. The molecule has 0 aliphatic rings. The van der Waals surface area contributed by atoms with Crippen LogP contribution in [-0.2, 0) is 4.79 Å². The first-order chi connectivity index (χ1) is 10.1. The summed E-state index contributed by atoms with van der Waals surface area (Å²) in [6.07, 6.45) is 13.8. The third-order valence-corrected chi connectivity index (χ3v) is 4.52. The minimum absolute atomic E-state index is 0.217. The number of aliphatic hydroxyl groups is 1. The molecule has 0 aliphatic carbocycles. The maximum absolute atomic E-state index is 11.6. The van der Waals surface area contributed by atoms with Crippen molar-refractivity contribution in [1.29, 1.82) is 0 Å². The van der Waals surface area contributed by atoms with E-state index < -0.39 is 11.4 Å². The zero-order valence-corrected chi connectivity index (χ0v) is 14.2. The molecule has 0 saturated heterocycles. The van der Waals surface area contributed by atoms with E-state index in [0.717, 1.165) is 25.7 Å². The lowest BCUT2D eigenvalue weighted by atomic mass is 9.78. The van der Waals surface area contributed by atoms with Crippen molar-refractivity contribution < 1.29 is 15.0 Å². The molecule has 2 N–H and O–H groups in total. The second kappa shape index (κ2) is 13.1. The Balaban J connectivity index is 4.07. The van der Waals surface area contributed by atoms with Gasteiger partial charge in [0.05, 0.1) is 12.0 Å². The standard InChI is InChI=1S/C18H36O3/c1-3-5-7-9-11-13-15-18(16-19,17(20)21)14-12-10-8-6-4-2/h19H,3-16H2,1-2H3,(H,20,21). The molecule has 126 valence electrons. The molecule has 0 aliphatic heterocycles. The number of carboxylic acids is 1. The van der Waals surface area contributed by atoms with Crippen LogP contribution in [0.4, 0.5) is 0 Å². The second-order valence-corrected chi connectivity index (χ2v) is 6.43. The van der Waals surface area contributed by atoms with Gasteiger partial charge >= 0.3 is 5.97 Å². The average molecular weight is 300 g/mol. The quantitative estimate of drug-likeness (QED) is 0.411. The first-order valence-electron chi connectivity index (χ1n) is 8.97. The summed E-state index contributed by atoms with van der Waals surface area (Å²) in [5.41, 5.74) is -0.892. The predicted molar refractivity (Wildman–Crippen MR) is 88.5 cm³/mol. The molecule has 0 aromatic carbocycles. The summed E-state index contributed by atoms with van der Waals surface area (Å²) < 4.78 is 0. The van der Waals surface area contributed by atoms with E-state index in [1.807, 2.05) is 0 Å². The fourth-order valence-electron chi connectivity index (χ4n) is 2.88. The third-order valence-electron chi connectivity index (χ3n) is 4.52. The van der Waals surface area contributed by atoms with Crippen LogP contribution in [-0.4, -0.2) is 22.8 Å². The van der Waals surface area contributed by atoms with E-state index in [9.17, 15) is 15.0 Å². The topological polar surface area (TPSA) is 57.5 Å². The Bertz CT molecular complexity index is 253. The number of hydrogen-bond acceptors (Lipinski definition) is 2. The average Bonchev–Trinajstić information content (AvgIpc) is 2.48. The monoisotopic (exact) mass is 300 g/mol. The Morgan fingerprint density at radius 2 is 1.14 bits per heavy atom. The fraction of sp³-hybridized carbons (Fsp3) is 0.944. The molecular formula is C18H36O3. The van der Waals surface area contributed by atoms with Gasteiger partial charge < -0.3 is 10.2 Å². The van der Waals surface area contributed by atoms with Gasteiger partial charge in [0.1, 0.15) is 0 Å². The van der Waals surface area contributed by atoms with Crippen molar-refractivity contribution in [2.24, 2.45) is 5.41 Å². The number of carbonyl (C=O) groups is 1. The highest BCUT2D eigenvalue weighted by Crippen LogP contribution is 2.32. The van der Waals surface area contributed by atoms with Gasteiger partial charge in [-0.15, -0.1) is 0 Å². The van der Waals surface area contributed by atoms with Crippen molar-refractivity contribution in [2.75, 3.05) is 6.61 Å². The van der Waals surface area contributed by atoms with Gasteiger partial charge in [0.25, 0.3) is 0 Å². The van der Waals surface area contributed by atoms with E-state index in [1.165, 1.54) is 44.9 Å².